The molecule has 23 heavy (non-hydrogen) atoms. The Balaban J connectivity index is 1.59. The van der Waals surface area contributed by atoms with Crippen LogP contribution in [0, 0.1) is 0 Å². The smallest absolute Gasteiger partial charge is 0.233 e. The highest BCUT2D eigenvalue weighted by Gasteiger charge is 2.19. The molecular weight excluding hydrogens is 314 g/mol. The van der Waals surface area contributed by atoms with Crippen molar-refractivity contribution in [3.63, 3.8) is 0 Å². The molecule has 2 rings (SSSR count). The second-order valence-corrected chi connectivity index (χ2v) is 6.28. The topological polar surface area (TPSA) is 61.4 Å². The summed E-state index contributed by atoms with van der Waals surface area (Å²) in [6, 6.07) is 7.67. The molecule has 0 radical (unpaired) electrons. The van der Waals surface area contributed by atoms with Gasteiger partial charge in [0.1, 0.15) is 0 Å². The summed E-state index contributed by atoms with van der Waals surface area (Å²) in [5.74, 6) is 0.202. The lowest BCUT2D eigenvalue weighted by molar-refractivity contribution is -0.127. The van der Waals surface area contributed by atoms with Gasteiger partial charge in [-0.05, 0) is 37.5 Å². The van der Waals surface area contributed by atoms with E-state index in [1.807, 2.05) is 36.1 Å². The van der Waals surface area contributed by atoms with Crippen LogP contribution >= 0.6 is 11.6 Å². The molecule has 5 nitrogen and oxygen atoms in total. The maximum Gasteiger partial charge on any atom is 0.233 e. The van der Waals surface area contributed by atoms with E-state index in [1.54, 1.807) is 0 Å². The number of likely N-dealkylation sites (tertiary alicyclic amines) is 1. The number of nitrogens with zero attached hydrogens (tertiary/aromatic N) is 1. The van der Waals surface area contributed by atoms with Crippen molar-refractivity contribution in [2.45, 2.75) is 32.2 Å². The first-order chi connectivity index (χ1) is 11.1. The summed E-state index contributed by atoms with van der Waals surface area (Å²) >= 11 is 5.86. The van der Waals surface area contributed by atoms with Crippen LogP contribution in [0.3, 0.4) is 0 Å². The van der Waals surface area contributed by atoms with Gasteiger partial charge < -0.3 is 15.5 Å². The predicted molar refractivity (Wildman–Crippen MR) is 91.3 cm³/mol. The highest BCUT2D eigenvalue weighted by molar-refractivity contribution is 6.30. The molecule has 6 heteroatoms. The Hall–Kier alpha value is -1.59. The third-order valence-corrected chi connectivity index (χ3v) is 4.29. The van der Waals surface area contributed by atoms with Gasteiger partial charge in [-0.3, -0.25) is 9.59 Å². The third-order valence-electron chi connectivity index (χ3n) is 4.04. The maximum absolute atomic E-state index is 11.8. The molecule has 1 aromatic carbocycles. The lowest BCUT2D eigenvalue weighted by atomic mass is 10.1. The fourth-order valence-corrected chi connectivity index (χ4v) is 2.74. The predicted octanol–water partition coefficient (Wildman–Crippen LogP) is 2.12. The van der Waals surface area contributed by atoms with Gasteiger partial charge in [0.05, 0.1) is 6.54 Å². The van der Waals surface area contributed by atoms with Crippen molar-refractivity contribution in [3.05, 3.63) is 34.9 Å². The number of benzene rings is 1. The Morgan fingerprint density at radius 3 is 2.74 bits per heavy atom. The molecule has 1 saturated heterocycles. The molecule has 1 atom stereocenters. The summed E-state index contributed by atoms with van der Waals surface area (Å²) in [6.45, 7) is 4.46. The van der Waals surface area contributed by atoms with Gasteiger partial charge in [-0.2, -0.15) is 0 Å². The van der Waals surface area contributed by atoms with Crippen LogP contribution in [0.4, 0.5) is 0 Å². The number of halogens is 1. The molecule has 2 amide bonds. The number of carbonyl (C=O) groups is 2. The minimum atomic E-state index is -0.0291. The van der Waals surface area contributed by atoms with Gasteiger partial charge in [0, 0.05) is 37.1 Å². The maximum atomic E-state index is 11.8. The number of hydrogen-bond donors (Lipinski definition) is 2. The Morgan fingerprint density at radius 1 is 1.35 bits per heavy atom. The highest BCUT2D eigenvalue weighted by atomic mass is 35.5. The molecular formula is C17H24ClN3O2. The van der Waals surface area contributed by atoms with Crippen LogP contribution in [-0.4, -0.2) is 42.9 Å². The number of hydrogen-bond acceptors (Lipinski definition) is 3. The summed E-state index contributed by atoms with van der Waals surface area (Å²) in [4.78, 5) is 25.1. The molecule has 1 heterocycles. The molecule has 1 unspecified atom stereocenters. The van der Waals surface area contributed by atoms with Gasteiger partial charge in [0.15, 0.2) is 0 Å². The average Bonchev–Trinajstić information content (AvgIpc) is 2.95. The fraction of sp³-hybridized carbons (Fsp3) is 0.529. The van der Waals surface area contributed by atoms with Crippen LogP contribution in [-0.2, 0) is 9.59 Å². The molecule has 0 bridgehead atoms. The van der Waals surface area contributed by atoms with Crippen LogP contribution < -0.4 is 10.6 Å². The second-order valence-electron chi connectivity index (χ2n) is 5.84. The number of amides is 2. The number of rotatable bonds is 8. The number of nitrogens with one attached hydrogen (secondary N) is 2. The van der Waals surface area contributed by atoms with E-state index in [0.29, 0.717) is 18.0 Å². The van der Waals surface area contributed by atoms with Crippen molar-refractivity contribution in [3.8, 4) is 0 Å². The van der Waals surface area contributed by atoms with Gasteiger partial charge in [-0.15, -0.1) is 0 Å². The normalized spacial score (nSPS) is 15.7. The van der Waals surface area contributed by atoms with E-state index in [-0.39, 0.29) is 24.4 Å². The van der Waals surface area contributed by atoms with Crippen molar-refractivity contribution in [1.82, 2.24) is 15.5 Å². The van der Waals surface area contributed by atoms with Gasteiger partial charge in [-0.1, -0.05) is 23.7 Å². The van der Waals surface area contributed by atoms with Crippen LogP contribution in [0.15, 0.2) is 24.3 Å². The van der Waals surface area contributed by atoms with Crippen LogP contribution in [0.25, 0.3) is 0 Å². The first kappa shape index (κ1) is 17.8. The van der Waals surface area contributed by atoms with Gasteiger partial charge in [0.2, 0.25) is 11.8 Å². The fourth-order valence-electron chi connectivity index (χ4n) is 2.62. The van der Waals surface area contributed by atoms with E-state index in [9.17, 15) is 9.59 Å². The summed E-state index contributed by atoms with van der Waals surface area (Å²) in [5.41, 5.74) is 1.09. The SMILES string of the molecule is CC(NCC(=O)NCCCN1CCCC1=O)c1ccc(Cl)cc1. The van der Waals surface area contributed by atoms with Crippen molar-refractivity contribution < 1.29 is 9.59 Å². The molecule has 1 fully saturated rings. The van der Waals surface area contributed by atoms with E-state index in [1.165, 1.54) is 0 Å². The van der Waals surface area contributed by atoms with E-state index < -0.39 is 0 Å². The summed E-state index contributed by atoms with van der Waals surface area (Å²) in [5, 5.41) is 6.77. The Labute approximate surface area is 142 Å². The Kier molecular flexibility index (Phi) is 6.86. The molecule has 2 N–H and O–H groups in total. The summed E-state index contributed by atoms with van der Waals surface area (Å²) < 4.78 is 0. The first-order valence-corrected chi connectivity index (χ1v) is 8.47. The molecule has 0 aromatic heterocycles. The van der Waals surface area contributed by atoms with Crippen molar-refractivity contribution in [2.75, 3.05) is 26.2 Å². The minimum Gasteiger partial charge on any atom is -0.355 e. The standard InChI is InChI=1S/C17H24ClN3O2/c1-13(14-5-7-15(18)8-6-14)20-12-16(22)19-9-3-11-21-10-2-4-17(21)23/h5-8,13,20H,2-4,9-12H2,1H3,(H,19,22). The second kappa shape index (κ2) is 8.89. The van der Waals surface area contributed by atoms with Crippen LogP contribution in [0.2, 0.25) is 5.02 Å². The highest BCUT2D eigenvalue weighted by Crippen LogP contribution is 2.15. The van der Waals surface area contributed by atoms with E-state index >= 15 is 0 Å². The molecule has 0 spiro atoms. The largest absolute Gasteiger partial charge is 0.355 e. The minimum absolute atomic E-state index is 0.0291. The lowest BCUT2D eigenvalue weighted by Crippen LogP contribution is -2.36. The van der Waals surface area contributed by atoms with Gasteiger partial charge in [-0.25, -0.2) is 0 Å². The van der Waals surface area contributed by atoms with Crippen LogP contribution in [0.1, 0.15) is 37.8 Å². The molecule has 126 valence electrons. The zero-order valence-corrected chi connectivity index (χ0v) is 14.2. The average molecular weight is 338 g/mol. The first-order valence-electron chi connectivity index (χ1n) is 8.09. The van der Waals surface area contributed by atoms with Crippen LogP contribution in [0.5, 0.6) is 0 Å². The zero-order chi connectivity index (χ0) is 16.7. The van der Waals surface area contributed by atoms with E-state index in [0.717, 1.165) is 31.5 Å². The Morgan fingerprint density at radius 2 is 2.09 bits per heavy atom. The monoisotopic (exact) mass is 337 g/mol. The molecule has 1 aromatic rings. The molecule has 1 aliphatic rings. The third kappa shape index (κ3) is 5.84. The number of carbonyl (C=O) groups excluding carboxylic acids is 2. The summed E-state index contributed by atoms with van der Waals surface area (Å²) in [6.07, 6.45) is 2.42. The zero-order valence-electron chi connectivity index (χ0n) is 13.5. The molecule has 1 aliphatic heterocycles. The van der Waals surface area contributed by atoms with Gasteiger partial charge >= 0.3 is 0 Å². The van der Waals surface area contributed by atoms with Crippen molar-refractivity contribution in [2.24, 2.45) is 0 Å². The molecule has 0 saturated carbocycles. The lowest BCUT2D eigenvalue weighted by Gasteiger charge is -2.16. The molecule has 0 aliphatic carbocycles. The van der Waals surface area contributed by atoms with Gasteiger partial charge in [0.25, 0.3) is 0 Å². The van der Waals surface area contributed by atoms with E-state index in [2.05, 4.69) is 10.6 Å². The summed E-state index contributed by atoms with van der Waals surface area (Å²) in [7, 11) is 0. The Bertz CT molecular complexity index is 533. The van der Waals surface area contributed by atoms with Crippen molar-refractivity contribution >= 4 is 23.4 Å². The quantitative estimate of drug-likeness (QED) is 0.714. The van der Waals surface area contributed by atoms with Crippen molar-refractivity contribution in [1.29, 1.82) is 0 Å². The van der Waals surface area contributed by atoms with E-state index in [4.69, 9.17) is 11.6 Å².